The van der Waals surface area contributed by atoms with Crippen LogP contribution in [0.3, 0.4) is 0 Å². The van der Waals surface area contributed by atoms with Gasteiger partial charge in [0, 0.05) is 57.2 Å². The minimum Gasteiger partial charge on any atom is -0.507 e. The molecule has 6 rings (SSSR count). The summed E-state index contributed by atoms with van der Waals surface area (Å²) in [6, 6.07) is 13.0. The summed E-state index contributed by atoms with van der Waals surface area (Å²) in [5.74, 6) is 8.33. The molecule has 39 heavy (non-hydrogen) atoms. The number of phenols is 1. The molecule has 0 radical (unpaired) electrons. The van der Waals surface area contributed by atoms with Crippen LogP contribution in [0.1, 0.15) is 17.9 Å². The van der Waals surface area contributed by atoms with E-state index in [0.717, 1.165) is 63.7 Å². The second-order valence-corrected chi connectivity index (χ2v) is 9.64. The van der Waals surface area contributed by atoms with Gasteiger partial charge in [-0.3, -0.25) is 9.58 Å². The topological polar surface area (TPSA) is 125 Å². The minimum absolute atomic E-state index is 0.163. The van der Waals surface area contributed by atoms with Crippen LogP contribution >= 0.6 is 0 Å². The van der Waals surface area contributed by atoms with Gasteiger partial charge in [-0.1, -0.05) is 18.1 Å². The highest BCUT2D eigenvalue weighted by molar-refractivity contribution is 5.74. The lowest BCUT2D eigenvalue weighted by Crippen LogP contribution is -2.34. The fourth-order valence-corrected chi connectivity index (χ4v) is 5.04. The number of benzene rings is 1. The van der Waals surface area contributed by atoms with Crippen molar-refractivity contribution in [2.75, 3.05) is 54.8 Å². The van der Waals surface area contributed by atoms with Gasteiger partial charge >= 0.3 is 0 Å². The Kier molecular flexibility index (Phi) is 6.93. The predicted molar refractivity (Wildman–Crippen MR) is 149 cm³/mol. The third-order valence-electron chi connectivity index (χ3n) is 7.10. The van der Waals surface area contributed by atoms with Crippen LogP contribution in [0.5, 0.6) is 5.75 Å². The van der Waals surface area contributed by atoms with Gasteiger partial charge in [-0.15, -0.1) is 10.2 Å². The average molecular weight is 523 g/mol. The van der Waals surface area contributed by atoms with E-state index in [0.29, 0.717) is 29.4 Å². The van der Waals surface area contributed by atoms with Crippen molar-refractivity contribution in [3.63, 3.8) is 0 Å². The number of nitrogens with zero attached hydrogens (tertiary/aromatic N) is 9. The number of nitrogen functional groups attached to an aromatic ring is 1. The Bertz CT molecular complexity index is 1520. The van der Waals surface area contributed by atoms with Gasteiger partial charge in [-0.05, 0) is 42.7 Å². The molecule has 2 aliphatic heterocycles. The summed E-state index contributed by atoms with van der Waals surface area (Å²) in [6.45, 7) is 6.52. The Morgan fingerprint density at radius 3 is 2.72 bits per heavy atom. The van der Waals surface area contributed by atoms with Crippen molar-refractivity contribution in [1.29, 1.82) is 0 Å². The van der Waals surface area contributed by atoms with Crippen molar-refractivity contribution >= 4 is 17.3 Å². The fourth-order valence-electron chi connectivity index (χ4n) is 5.04. The maximum Gasteiger partial charge on any atom is 0.206 e. The predicted octanol–water partition coefficient (Wildman–Crippen LogP) is 2.00. The number of para-hydroxylation sites is 1. The van der Waals surface area contributed by atoms with Crippen molar-refractivity contribution in [3.05, 3.63) is 66.4 Å². The monoisotopic (exact) mass is 522 g/mol. The second kappa shape index (κ2) is 11.0. The third-order valence-corrected chi connectivity index (χ3v) is 7.10. The number of aromatic hydroxyl groups is 1. The summed E-state index contributed by atoms with van der Waals surface area (Å²) in [7, 11) is 0. The number of aromatic nitrogens is 6. The highest BCUT2D eigenvalue weighted by atomic mass is 16.3. The summed E-state index contributed by atoms with van der Waals surface area (Å²) < 4.78 is 2.05. The van der Waals surface area contributed by atoms with Crippen molar-refractivity contribution in [1.82, 2.24) is 34.8 Å². The molecule has 2 aliphatic rings. The van der Waals surface area contributed by atoms with Crippen LogP contribution in [-0.4, -0.2) is 79.2 Å². The molecule has 4 aromatic rings. The van der Waals surface area contributed by atoms with E-state index >= 15 is 0 Å². The molecule has 1 fully saturated rings. The first-order chi connectivity index (χ1) is 19.1. The van der Waals surface area contributed by atoms with E-state index in [4.69, 9.17) is 10.7 Å². The third kappa shape index (κ3) is 5.46. The Balaban J connectivity index is 1.11. The van der Waals surface area contributed by atoms with Crippen LogP contribution < -0.4 is 15.5 Å². The highest BCUT2D eigenvalue weighted by Crippen LogP contribution is 2.31. The largest absolute Gasteiger partial charge is 0.507 e. The number of hydrogen-bond donors (Lipinski definition) is 2. The van der Waals surface area contributed by atoms with Gasteiger partial charge in [-0.2, -0.15) is 5.10 Å². The molecule has 1 saturated heterocycles. The smallest absolute Gasteiger partial charge is 0.206 e. The quantitative estimate of drug-likeness (QED) is 0.385. The molecule has 5 heterocycles. The van der Waals surface area contributed by atoms with Crippen molar-refractivity contribution < 1.29 is 5.11 Å². The van der Waals surface area contributed by atoms with Crippen molar-refractivity contribution in [3.8, 4) is 28.8 Å². The van der Waals surface area contributed by atoms with E-state index in [1.807, 2.05) is 35.1 Å². The zero-order chi connectivity index (χ0) is 26.6. The molecule has 0 amide bonds. The number of nitrogens with two attached hydrogens (primary N) is 1. The molecule has 1 aromatic carbocycles. The first kappa shape index (κ1) is 24.6. The van der Waals surface area contributed by atoms with Gasteiger partial charge in [0.1, 0.15) is 11.6 Å². The molecule has 11 nitrogen and oxygen atoms in total. The number of hydrogen-bond acceptors (Lipinski definition) is 10. The van der Waals surface area contributed by atoms with Crippen LogP contribution in [0.2, 0.25) is 0 Å². The lowest BCUT2D eigenvalue weighted by molar-refractivity contribution is 0.238. The molecule has 0 unspecified atom stereocenters. The normalized spacial score (nSPS) is 15.8. The van der Waals surface area contributed by atoms with Crippen LogP contribution in [0, 0.1) is 11.8 Å². The minimum atomic E-state index is 0.163. The van der Waals surface area contributed by atoms with Crippen molar-refractivity contribution in [2.45, 2.75) is 19.5 Å². The van der Waals surface area contributed by atoms with Gasteiger partial charge in [0.25, 0.3) is 0 Å². The maximum absolute atomic E-state index is 10.3. The summed E-state index contributed by atoms with van der Waals surface area (Å²) in [5, 5.41) is 23.0. The number of anilines is 3. The summed E-state index contributed by atoms with van der Waals surface area (Å²) in [4.78, 5) is 15.9. The highest BCUT2D eigenvalue weighted by Gasteiger charge is 2.20. The van der Waals surface area contributed by atoms with E-state index in [2.05, 4.69) is 52.9 Å². The standard InChI is InChI=1S/C28H30N10O/c29-28-24(19-23(33-34-28)22-5-1-2-6-25(22)39)36-13-4-14-37(17-16-36)27-9-10-30-26(32-27)7-3-12-35-15-18-38-21(20-35)8-11-31-38/h1-2,5-6,8-11,19,39H,4,12-18,20H2,(H2,29,34). The van der Waals surface area contributed by atoms with E-state index in [1.54, 1.807) is 18.3 Å². The fraction of sp³-hybridized carbons (Fsp3) is 0.321. The van der Waals surface area contributed by atoms with Gasteiger partial charge in [0.15, 0.2) is 5.82 Å². The van der Waals surface area contributed by atoms with Crippen molar-refractivity contribution in [2.24, 2.45) is 0 Å². The first-order valence-electron chi connectivity index (χ1n) is 13.1. The van der Waals surface area contributed by atoms with E-state index in [9.17, 15) is 5.11 Å². The first-order valence-corrected chi connectivity index (χ1v) is 13.1. The molecule has 11 heteroatoms. The molecule has 0 spiro atoms. The van der Waals surface area contributed by atoms with Gasteiger partial charge in [-0.25, -0.2) is 9.97 Å². The summed E-state index contributed by atoms with van der Waals surface area (Å²) in [6.07, 6.45) is 4.55. The van der Waals surface area contributed by atoms with Crippen LogP contribution in [0.4, 0.5) is 17.3 Å². The molecule has 3 aromatic heterocycles. The number of phenolic OH excluding ortho intramolecular Hbond substituents is 1. The molecular formula is C28H30N10O. The average Bonchev–Trinajstić information content (AvgIpc) is 3.29. The molecule has 3 N–H and O–H groups in total. The number of rotatable bonds is 4. The lowest BCUT2D eigenvalue weighted by atomic mass is 10.1. The molecule has 0 atom stereocenters. The second-order valence-electron chi connectivity index (χ2n) is 9.64. The Labute approximate surface area is 226 Å². The van der Waals surface area contributed by atoms with Crippen LogP contribution in [0.15, 0.2) is 54.9 Å². The Hall–Kier alpha value is -4.69. The zero-order valence-electron chi connectivity index (χ0n) is 21.6. The summed E-state index contributed by atoms with van der Waals surface area (Å²) in [5.41, 5.74) is 9.49. The van der Waals surface area contributed by atoms with E-state index in [1.165, 1.54) is 5.69 Å². The van der Waals surface area contributed by atoms with Gasteiger partial charge < -0.3 is 20.6 Å². The summed E-state index contributed by atoms with van der Waals surface area (Å²) >= 11 is 0. The maximum atomic E-state index is 10.3. The molecular weight excluding hydrogens is 492 g/mol. The molecule has 198 valence electrons. The molecule has 0 bridgehead atoms. The van der Waals surface area contributed by atoms with Gasteiger partial charge in [0.2, 0.25) is 5.82 Å². The van der Waals surface area contributed by atoms with E-state index < -0.39 is 0 Å². The number of fused-ring (bicyclic) bond motifs is 1. The Morgan fingerprint density at radius 1 is 0.923 bits per heavy atom. The van der Waals surface area contributed by atoms with E-state index in [-0.39, 0.29) is 5.75 Å². The molecule has 0 saturated carbocycles. The van der Waals surface area contributed by atoms with Crippen LogP contribution in [0.25, 0.3) is 11.3 Å². The Morgan fingerprint density at radius 2 is 1.79 bits per heavy atom. The van der Waals surface area contributed by atoms with Crippen LogP contribution in [-0.2, 0) is 13.1 Å². The SMILES string of the molecule is Nc1nnc(-c2ccccc2O)cc1N1CCCN(c2ccnc(C#CCN3CCn4nccc4C3)n2)CC1. The molecule has 0 aliphatic carbocycles. The zero-order valence-corrected chi connectivity index (χ0v) is 21.6. The lowest BCUT2D eigenvalue weighted by Gasteiger charge is -2.25. The van der Waals surface area contributed by atoms with Gasteiger partial charge in [0.05, 0.1) is 30.2 Å².